The molecule has 6 rings (SSSR count). The van der Waals surface area contributed by atoms with Crippen LogP contribution in [0.2, 0.25) is 0 Å². The number of ether oxygens (including phenoxy) is 2. The van der Waals surface area contributed by atoms with Crippen molar-refractivity contribution in [2.75, 3.05) is 56.4 Å². The number of imide groups is 2. The van der Waals surface area contributed by atoms with Crippen molar-refractivity contribution in [2.45, 2.75) is 50.6 Å². The molecule has 2 aromatic carbocycles. The molecular formula is C41H46N8O11S2. The van der Waals surface area contributed by atoms with E-state index in [2.05, 4.69) is 31.6 Å². The molecule has 19 nitrogen and oxygen atoms in total. The van der Waals surface area contributed by atoms with Gasteiger partial charge in [-0.1, -0.05) is 30.3 Å². The molecule has 328 valence electrons. The van der Waals surface area contributed by atoms with E-state index in [-0.39, 0.29) is 68.1 Å². The second-order valence-electron chi connectivity index (χ2n) is 14.4. The third kappa shape index (κ3) is 12.0. The van der Waals surface area contributed by atoms with Gasteiger partial charge < -0.3 is 30.7 Å². The van der Waals surface area contributed by atoms with E-state index in [4.69, 9.17) is 9.47 Å². The first-order valence-corrected chi connectivity index (χ1v) is 22.5. The van der Waals surface area contributed by atoms with Crippen molar-refractivity contribution in [1.29, 1.82) is 0 Å². The molecular weight excluding hydrogens is 845 g/mol. The maximum Gasteiger partial charge on any atom is 0.262 e. The molecule has 7 amide bonds. The molecule has 0 saturated carbocycles. The molecule has 2 aliphatic heterocycles. The summed E-state index contributed by atoms with van der Waals surface area (Å²) in [5, 5.41) is 15.8. The molecule has 0 radical (unpaired) electrons. The smallest absolute Gasteiger partial charge is 0.262 e. The van der Waals surface area contributed by atoms with Crippen LogP contribution in [0.25, 0.3) is 11.3 Å². The molecule has 0 spiro atoms. The predicted octanol–water partition coefficient (Wildman–Crippen LogP) is 2.38. The van der Waals surface area contributed by atoms with E-state index >= 15 is 0 Å². The molecule has 1 unspecified atom stereocenters. The Kier molecular flexibility index (Phi) is 15.3. The highest BCUT2D eigenvalue weighted by molar-refractivity contribution is 7.89. The number of amides is 7. The zero-order chi connectivity index (χ0) is 44.2. The zero-order valence-corrected chi connectivity index (χ0v) is 35.4. The summed E-state index contributed by atoms with van der Waals surface area (Å²) in [4.78, 5) is 94.0. The summed E-state index contributed by atoms with van der Waals surface area (Å²) in [5.41, 5.74) is 2.59. The van der Waals surface area contributed by atoms with Gasteiger partial charge in [-0.2, -0.15) is 0 Å². The summed E-state index contributed by atoms with van der Waals surface area (Å²) >= 11 is 1.24. The van der Waals surface area contributed by atoms with Crippen molar-refractivity contribution < 1.29 is 51.5 Å². The van der Waals surface area contributed by atoms with Crippen LogP contribution >= 0.6 is 11.3 Å². The molecule has 2 atom stereocenters. The summed E-state index contributed by atoms with van der Waals surface area (Å²) < 4.78 is 35.8. The van der Waals surface area contributed by atoms with Gasteiger partial charge in [0.1, 0.15) is 12.1 Å². The Morgan fingerprint density at radius 3 is 2.44 bits per heavy atom. The number of carbonyl (C=O) groups is 7. The highest BCUT2D eigenvalue weighted by atomic mass is 32.2. The first-order chi connectivity index (χ1) is 29.8. The molecule has 4 heterocycles. The number of nitrogens with one attached hydrogen (secondary N) is 5. The number of aromatic nitrogens is 2. The van der Waals surface area contributed by atoms with Gasteiger partial charge in [-0.3, -0.25) is 47.8 Å². The number of unbranched alkanes of at least 4 members (excludes halogenated alkanes) is 1. The SMILES string of the molecule is CS(=O)(=O)n1ccc(C(=O)N[C@@H](CCCCNC(=O)CCOCCOCCNc2ccc3c(c2)C(=O)N(C2CCC(=O)NC2=O)C3=O)C(=O)Nc2nc(-c3ccccc3)cs2)c1. The molecule has 0 aliphatic carbocycles. The van der Waals surface area contributed by atoms with Crippen LogP contribution in [-0.4, -0.2) is 121 Å². The van der Waals surface area contributed by atoms with Crippen molar-refractivity contribution in [3.8, 4) is 11.3 Å². The fourth-order valence-electron chi connectivity index (χ4n) is 6.62. The summed E-state index contributed by atoms with van der Waals surface area (Å²) in [6, 6.07) is 13.5. The first kappa shape index (κ1) is 45.2. The second-order valence-corrected chi connectivity index (χ2v) is 17.1. The molecule has 1 fully saturated rings. The van der Waals surface area contributed by atoms with E-state index in [9.17, 15) is 42.0 Å². The minimum Gasteiger partial charge on any atom is -0.383 e. The first-order valence-electron chi connectivity index (χ1n) is 19.8. The largest absolute Gasteiger partial charge is 0.383 e. The van der Waals surface area contributed by atoms with E-state index in [0.29, 0.717) is 49.1 Å². The number of hydrogen-bond acceptors (Lipinski definition) is 14. The van der Waals surface area contributed by atoms with Crippen molar-refractivity contribution in [1.82, 2.24) is 29.8 Å². The van der Waals surface area contributed by atoms with Crippen LogP contribution in [0.5, 0.6) is 0 Å². The molecule has 21 heteroatoms. The topological polar surface area (TPSA) is 253 Å². The third-order valence-electron chi connectivity index (χ3n) is 9.84. The predicted molar refractivity (Wildman–Crippen MR) is 227 cm³/mol. The molecule has 2 aromatic heterocycles. The van der Waals surface area contributed by atoms with Gasteiger partial charge >= 0.3 is 0 Å². The second kappa shape index (κ2) is 21.0. The normalized spacial score (nSPS) is 15.5. The van der Waals surface area contributed by atoms with Crippen molar-refractivity contribution >= 4 is 73.5 Å². The number of nitrogens with zero attached hydrogens (tertiary/aromatic N) is 3. The van der Waals surface area contributed by atoms with Crippen LogP contribution in [0, 0.1) is 0 Å². The van der Waals surface area contributed by atoms with Crippen LogP contribution in [0.3, 0.4) is 0 Å². The van der Waals surface area contributed by atoms with Gasteiger partial charge in [-0.25, -0.2) is 13.4 Å². The van der Waals surface area contributed by atoms with Crippen molar-refractivity contribution in [3.63, 3.8) is 0 Å². The number of rotatable bonds is 22. The number of carbonyl (C=O) groups excluding carboxylic acids is 7. The lowest BCUT2D eigenvalue weighted by atomic mass is 10.0. The monoisotopic (exact) mass is 890 g/mol. The highest BCUT2D eigenvalue weighted by Gasteiger charge is 2.44. The Balaban J connectivity index is 0.852. The summed E-state index contributed by atoms with van der Waals surface area (Å²) in [6.45, 7) is 1.71. The molecule has 5 N–H and O–H groups in total. The highest BCUT2D eigenvalue weighted by Crippen LogP contribution is 2.30. The minimum atomic E-state index is -3.61. The van der Waals surface area contributed by atoms with Crippen LogP contribution in [-0.2, 0) is 38.7 Å². The minimum absolute atomic E-state index is 0.0413. The number of fused-ring (bicyclic) bond motifs is 1. The van der Waals surface area contributed by atoms with Crippen molar-refractivity contribution in [2.24, 2.45) is 0 Å². The van der Waals surface area contributed by atoms with Gasteiger partial charge in [0.25, 0.3) is 17.7 Å². The van der Waals surface area contributed by atoms with E-state index in [1.807, 2.05) is 35.7 Å². The number of piperidine rings is 1. The van der Waals surface area contributed by atoms with E-state index in [1.165, 1.54) is 35.9 Å². The fraction of sp³-hybridized carbons (Fsp3) is 0.366. The van der Waals surface area contributed by atoms with E-state index in [1.54, 1.807) is 12.1 Å². The average Bonchev–Trinajstić information content (AvgIpc) is 3.99. The molecule has 2 aliphatic rings. The van der Waals surface area contributed by atoms with Gasteiger partial charge in [-0.15, -0.1) is 11.3 Å². The zero-order valence-electron chi connectivity index (χ0n) is 33.7. The lowest BCUT2D eigenvalue weighted by Crippen LogP contribution is -2.54. The lowest BCUT2D eigenvalue weighted by Gasteiger charge is -2.27. The summed E-state index contributed by atoms with van der Waals surface area (Å²) in [6.07, 6.45) is 4.88. The van der Waals surface area contributed by atoms with Crippen LogP contribution in [0.4, 0.5) is 10.8 Å². The number of benzene rings is 2. The van der Waals surface area contributed by atoms with Gasteiger partial charge in [0.05, 0.1) is 55.1 Å². The molecule has 4 aromatic rings. The summed E-state index contributed by atoms with van der Waals surface area (Å²) in [5.74, 6) is -3.61. The Morgan fingerprint density at radius 1 is 0.935 bits per heavy atom. The Labute approximate surface area is 361 Å². The van der Waals surface area contributed by atoms with Crippen LogP contribution < -0.4 is 26.6 Å². The average molecular weight is 891 g/mol. The van der Waals surface area contributed by atoms with E-state index < -0.39 is 57.6 Å². The Hall–Kier alpha value is -6.29. The van der Waals surface area contributed by atoms with Gasteiger partial charge in [-0.05, 0) is 49.9 Å². The Bertz CT molecular complexity index is 2420. The molecule has 62 heavy (non-hydrogen) atoms. The van der Waals surface area contributed by atoms with Gasteiger partial charge in [0.15, 0.2) is 5.13 Å². The van der Waals surface area contributed by atoms with Crippen molar-refractivity contribution in [3.05, 3.63) is 89.1 Å². The number of hydrogen-bond donors (Lipinski definition) is 5. The lowest BCUT2D eigenvalue weighted by molar-refractivity contribution is -0.136. The van der Waals surface area contributed by atoms with Crippen LogP contribution in [0.1, 0.15) is 69.6 Å². The standard InChI is InChI=1S/C41H46N8O11S2/c1-62(57,58)48-18-14-27(24-48)36(52)44-31(37(53)47-41-45-32(25-61-41)26-7-3-2-4-8-26)9-5-6-16-43-34(50)15-19-59-21-22-60-20-17-42-28-10-11-29-30(23-28)40(56)49(39(29)55)33-12-13-35(51)46-38(33)54/h2-4,7-8,10-11,14,18,23-25,31,33,42H,5-6,9,12-13,15-17,19-22H2,1H3,(H,43,50)(H,44,52)(H,45,47,53)(H,46,51,54)/t31-,33?/m0/s1. The fourth-order valence-corrected chi connectivity index (χ4v) is 7.93. The van der Waals surface area contributed by atoms with Gasteiger partial charge in [0.2, 0.25) is 33.7 Å². The number of anilines is 2. The third-order valence-corrected chi connectivity index (χ3v) is 11.6. The van der Waals surface area contributed by atoms with Gasteiger partial charge in [0, 0.05) is 55.0 Å². The molecule has 1 saturated heterocycles. The summed E-state index contributed by atoms with van der Waals surface area (Å²) in [7, 11) is -3.61. The number of thiazole rings is 1. The maximum absolute atomic E-state index is 13.4. The van der Waals surface area contributed by atoms with E-state index in [0.717, 1.165) is 20.7 Å². The Morgan fingerprint density at radius 2 is 1.69 bits per heavy atom. The van der Waals surface area contributed by atoms with Crippen LogP contribution in [0.15, 0.2) is 72.4 Å². The quantitative estimate of drug-likeness (QED) is 0.0562. The molecule has 0 bridgehead atoms. The maximum atomic E-state index is 13.4.